The van der Waals surface area contributed by atoms with E-state index < -0.39 is 0 Å². The Morgan fingerprint density at radius 1 is 1.67 bits per heavy atom. The fourth-order valence-corrected chi connectivity index (χ4v) is 0.548. The number of hydrogen-bond donors (Lipinski definition) is 2. The third-order valence-electron chi connectivity index (χ3n) is 1.16. The topological polar surface area (TPSA) is 63.1 Å². The highest BCUT2D eigenvalue weighted by Crippen LogP contribution is 1.85. The highest BCUT2D eigenvalue weighted by atomic mass is 16.5. The lowest BCUT2D eigenvalue weighted by atomic mass is 10.4. The summed E-state index contributed by atoms with van der Waals surface area (Å²) >= 11 is 0. The molecule has 0 aliphatic rings. The molecule has 0 rings (SSSR count). The lowest BCUT2D eigenvalue weighted by Crippen LogP contribution is -2.90. The maximum absolute atomic E-state index is 10.2. The van der Waals surface area contributed by atoms with Crippen LogP contribution < -0.4 is 5.59 Å². The number of nitrogens with two attached hydrogens (primary N) is 1. The smallest absolute Gasteiger partial charge is 0.0711 e. The van der Waals surface area contributed by atoms with Gasteiger partial charge in [0.25, 0.3) is 0 Å². The predicted octanol–water partition coefficient (Wildman–Crippen LogP) is -1.33. The fraction of sp³-hybridized carbons (Fsp3) is 1.00. The molecule has 4 nitrogen and oxygen atoms in total. The monoisotopic (exact) mass is 134 g/mol. The third kappa shape index (κ3) is 3.42. The van der Waals surface area contributed by atoms with Crippen LogP contribution in [0.3, 0.4) is 0 Å². The molecule has 0 aromatic heterocycles. The van der Waals surface area contributed by atoms with Gasteiger partial charge in [0.15, 0.2) is 0 Å². The Balaban J connectivity index is 3.41. The Bertz CT molecular complexity index is 68.0. The largest absolute Gasteiger partial charge is 0.614 e. The first-order valence-electron chi connectivity index (χ1n) is 3.04. The van der Waals surface area contributed by atoms with Gasteiger partial charge >= 0.3 is 0 Å². The minimum Gasteiger partial charge on any atom is -0.614 e. The molecule has 0 saturated heterocycles. The predicted molar refractivity (Wildman–Crippen MR) is 34.2 cm³/mol. The standard InChI is InChI=1S/C5H14N2O2/c1-5(2)7(6-9)3-4-8/h5,8H,3-4,6H2,1-2H3. The Morgan fingerprint density at radius 2 is 2.22 bits per heavy atom. The van der Waals surface area contributed by atoms with Gasteiger partial charge in [0.05, 0.1) is 19.2 Å². The third-order valence-corrected chi connectivity index (χ3v) is 1.16. The zero-order chi connectivity index (χ0) is 7.28. The van der Waals surface area contributed by atoms with Gasteiger partial charge < -0.3 is 15.9 Å². The maximum atomic E-state index is 10.2. The van der Waals surface area contributed by atoms with Crippen LogP contribution >= 0.6 is 0 Å². The molecule has 0 aromatic carbocycles. The molecule has 3 N–H and O–H groups in total. The van der Waals surface area contributed by atoms with Gasteiger partial charge in [-0.2, -0.15) is 5.01 Å². The van der Waals surface area contributed by atoms with E-state index in [4.69, 9.17) is 5.11 Å². The Morgan fingerprint density at radius 3 is 2.33 bits per heavy atom. The van der Waals surface area contributed by atoms with Crippen LogP contribution in [0.5, 0.6) is 0 Å². The van der Waals surface area contributed by atoms with Gasteiger partial charge in [-0.3, -0.25) is 0 Å². The molecular formula is C5H14N2O2. The van der Waals surface area contributed by atoms with Crippen molar-refractivity contribution in [3.63, 3.8) is 0 Å². The Labute approximate surface area is 55.0 Å². The van der Waals surface area contributed by atoms with Crippen LogP contribution in [0.15, 0.2) is 0 Å². The first-order valence-corrected chi connectivity index (χ1v) is 3.04. The first-order chi connectivity index (χ1) is 4.22. The van der Waals surface area contributed by atoms with Crippen LogP contribution in [0.25, 0.3) is 0 Å². The van der Waals surface area contributed by atoms with Crippen molar-refractivity contribution in [1.82, 2.24) is 5.01 Å². The van der Waals surface area contributed by atoms with Gasteiger partial charge in [0.2, 0.25) is 0 Å². The number of aliphatic hydroxyl groups is 1. The van der Waals surface area contributed by atoms with E-state index >= 15 is 0 Å². The van der Waals surface area contributed by atoms with E-state index in [0.29, 0.717) is 6.54 Å². The van der Waals surface area contributed by atoms with E-state index in [1.807, 2.05) is 13.8 Å². The Hall–Kier alpha value is -0.160. The van der Waals surface area contributed by atoms with Crippen molar-refractivity contribution in [2.24, 2.45) is 0 Å². The minimum absolute atomic E-state index is 0.0386. The molecule has 0 fully saturated rings. The highest BCUT2D eigenvalue weighted by Gasteiger charge is 2.06. The molecule has 0 saturated carbocycles. The van der Waals surface area contributed by atoms with Gasteiger partial charge in [0.1, 0.15) is 0 Å². The summed E-state index contributed by atoms with van der Waals surface area (Å²) in [5, 5.41) is 20.1. The van der Waals surface area contributed by atoms with Crippen molar-refractivity contribution >= 4 is 0 Å². The van der Waals surface area contributed by atoms with Crippen LogP contribution in [-0.2, 0) is 0 Å². The van der Waals surface area contributed by atoms with Gasteiger partial charge in [-0.15, -0.1) is 0 Å². The van der Waals surface area contributed by atoms with Crippen LogP contribution in [0.2, 0.25) is 0 Å². The molecule has 4 heteroatoms. The number of rotatable bonds is 4. The summed E-state index contributed by atoms with van der Waals surface area (Å²) in [6.07, 6.45) is 0. The number of quaternary nitrogens is 1. The van der Waals surface area contributed by atoms with Crippen LogP contribution in [0.4, 0.5) is 0 Å². The molecule has 0 aromatic rings. The zero-order valence-electron chi connectivity index (χ0n) is 5.87. The van der Waals surface area contributed by atoms with Gasteiger partial charge in [0, 0.05) is 0 Å². The van der Waals surface area contributed by atoms with E-state index in [1.54, 1.807) is 5.01 Å². The van der Waals surface area contributed by atoms with Gasteiger partial charge in [-0.25, -0.2) is 0 Å². The average molecular weight is 134 g/mol. The Kier molecular flexibility index (Phi) is 4.61. The van der Waals surface area contributed by atoms with Crippen LogP contribution in [0.1, 0.15) is 13.8 Å². The lowest BCUT2D eigenvalue weighted by molar-refractivity contribution is -0.759. The van der Waals surface area contributed by atoms with E-state index in [2.05, 4.69) is 0 Å². The van der Waals surface area contributed by atoms with E-state index in [1.165, 1.54) is 0 Å². The van der Waals surface area contributed by atoms with Crippen molar-refractivity contribution in [3.05, 3.63) is 5.21 Å². The quantitative estimate of drug-likeness (QED) is 0.370. The van der Waals surface area contributed by atoms with Gasteiger partial charge in [-0.1, -0.05) is 0 Å². The second-order valence-electron chi connectivity index (χ2n) is 2.16. The molecule has 0 atom stereocenters. The zero-order valence-corrected chi connectivity index (χ0v) is 5.87. The summed E-state index contributed by atoms with van der Waals surface area (Å²) in [6, 6.07) is 0.189. The highest BCUT2D eigenvalue weighted by molar-refractivity contribution is 4.48. The van der Waals surface area contributed by atoms with Crippen molar-refractivity contribution in [3.8, 4) is 0 Å². The normalized spacial score (nSPS) is 11.3. The molecule has 56 valence electrons. The number of aliphatic hydroxyl groups excluding tert-OH is 1. The molecule has 0 aliphatic heterocycles. The van der Waals surface area contributed by atoms with E-state index in [-0.39, 0.29) is 12.6 Å². The summed E-state index contributed by atoms with van der Waals surface area (Å²) in [4.78, 5) is 0. The minimum atomic E-state index is 0.0386. The van der Waals surface area contributed by atoms with Crippen LogP contribution in [0, 0.1) is 5.21 Å². The fourth-order valence-electron chi connectivity index (χ4n) is 0.548. The molecule has 9 heavy (non-hydrogen) atoms. The SMILES string of the molecule is CC(C)N(CCO)[NH2+][O-]. The molecule has 0 amide bonds. The first kappa shape index (κ1) is 8.84. The molecule has 0 radical (unpaired) electrons. The van der Waals surface area contributed by atoms with Gasteiger partial charge in [-0.05, 0) is 13.8 Å². The lowest BCUT2D eigenvalue weighted by Gasteiger charge is -2.23. The van der Waals surface area contributed by atoms with Crippen LogP contribution in [-0.4, -0.2) is 29.3 Å². The molecule has 0 bridgehead atoms. The average Bonchev–Trinajstić information content (AvgIpc) is 1.82. The van der Waals surface area contributed by atoms with Crippen molar-refractivity contribution in [2.45, 2.75) is 19.9 Å². The summed E-state index contributed by atoms with van der Waals surface area (Å²) in [7, 11) is 0. The summed E-state index contributed by atoms with van der Waals surface area (Å²) in [6.45, 7) is 4.28. The summed E-state index contributed by atoms with van der Waals surface area (Å²) in [5.74, 6) is 0. The van der Waals surface area contributed by atoms with E-state index in [9.17, 15) is 5.21 Å². The molecule has 0 aliphatic carbocycles. The molecule has 0 heterocycles. The maximum Gasteiger partial charge on any atom is 0.0711 e. The number of hydrogen-bond acceptors (Lipinski definition) is 3. The number of nitrogens with zero attached hydrogens (tertiary/aromatic N) is 1. The molecule has 0 spiro atoms. The summed E-state index contributed by atoms with van der Waals surface area (Å²) < 4.78 is 0. The van der Waals surface area contributed by atoms with Crippen molar-refractivity contribution < 1.29 is 10.7 Å². The second-order valence-corrected chi connectivity index (χ2v) is 2.16. The second kappa shape index (κ2) is 4.69. The molecule has 0 unspecified atom stereocenters. The van der Waals surface area contributed by atoms with E-state index in [0.717, 1.165) is 5.59 Å². The van der Waals surface area contributed by atoms with Crippen molar-refractivity contribution in [2.75, 3.05) is 13.2 Å². The molecular weight excluding hydrogens is 120 g/mol. The summed E-state index contributed by atoms with van der Waals surface area (Å²) in [5.41, 5.74) is 0.751. The van der Waals surface area contributed by atoms with Crippen molar-refractivity contribution in [1.29, 1.82) is 0 Å².